The van der Waals surface area contributed by atoms with E-state index in [2.05, 4.69) is 15.8 Å². The van der Waals surface area contributed by atoms with Crippen LogP contribution in [0, 0.1) is 0 Å². The van der Waals surface area contributed by atoms with Crippen molar-refractivity contribution in [3.63, 3.8) is 0 Å². The number of anilines is 1. The zero-order valence-corrected chi connectivity index (χ0v) is 15.5. The fourth-order valence-electron chi connectivity index (χ4n) is 2.04. The van der Waals surface area contributed by atoms with E-state index >= 15 is 0 Å². The first-order chi connectivity index (χ1) is 12.5. The number of carbonyl (C=O) groups excluding carboxylic acids is 2. The number of nitrogens with one attached hydrogen (secondary N) is 2. The van der Waals surface area contributed by atoms with Crippen molar-refractivity contribution in [1.29, 1.82) is 0 Å². The molecule has 2 rings (SSSR count). The molecule has 2 N–H and O–H groups in total. The molecule has 6 nitrogen and oxygen atoms in total. The van der Waals surface area contributed by atoms with E-state index < -0.39 is 5.91 Å². The van der Waals surface area contributed by atoms with E-state index in [1.54, 1.807) is 42.5 Å². The summed E-state index contributed by atoms with van der Waals surface area (Å²) >= 11 is 11.9. The minimum Gasteiger partial charge on any atom is -0.496 e. The third kappa shape index (κ3) is 6.06. The average Bonchev–Trinajstić information content (AvgIpc) is 2.62. The number of ether oxygens (including phenoxy) is 1. The maximum absolute atomic E-state index is 11.9. The van der Waals surface area contributed by atoms with E-state index in [1.165, 1.54) is 13.3 Å². The first kappa shape index (κ1) is 19.8. The van der Waals surface area contributed by atoms with Gasteiger partial charge in [-0.15, -0.1) is 0 Å². The molecule has 0 aliphatic carbocycles. The smallest absolute Gasteiger partial charge is 0.240 e. The third-order valence-corrected chi connectivity index (χ3v) is 3.88. The molecule has 2 aromatic rings. The Balaban J connectivity index is 1.81. The van der Waals surface area contributed by atoms with Gasteiger partial charge in [-0.3, -0.25) is 9.59 Å². The molecular formula is C18H17Cl2N3O3. The standard InChI is InChI=1S/C18H17Cl2N3O3/c1-26-16-7-6-13(19)10-12(16)11-21-23-18(25)9-8-17(24)22-15-5-3-2-4-14(15)20/h2-7,10-11H,8-9H2,1H3,(H,22,24)(H,23,25). The number of nitrogens with zero attached hydrogens (tertiary/aromatic N) is 1. The van der Waals surface area contributed by atoms with Gasteiger partial charge in [0.15, 0.2) is 0 Å². The molecule has 0 saturated carbocycles. The van der Waals surface area contributed by atoms with Gasteiger partial charge in [0, 0.05) is 23.4 Å². The van der Waals surface area contributed by atoms with Crippen LogP contribution in [0.5, 0.6) is 5.75 Å². The van der Waals surface area contributed by atoms with Crippen LogP contribution in [0.2, 0.25) is 10.0 Å². The predicted molar refractivity (Wildman–Crippen MR) is 103 cm³/mol. The van der Waals surface area contributed by atoms with Crippen LogP contribution in [0.15, 0.2) is 47.6 Å². The number of hydrogen-bond donors (Lipinski definition) is 2. The molecule has 26 heavy (non-hydrogen) atoms. The van der Waals surface area contributed by atoms with E-state index in [9.17, 15) is 9.59 Å². The van der Waals surface area contributed by atoms with Crippen molar-refractivity contribution in [2.75, 3.05) is 12.4 Å². The lowest BCUT2D eigenvalue weighted by molar-refractivity contribution is -0.124. The van der Waals surface area contributed by atoms with Crippen molar-refractivity contribution >= 4 is 46.9 Å². The summed E-state index contributed by atoms with van der Waals surface area (Å²) in [6.07, 6.45) is 1.42. The quantitative estimate of drug-likeness (QED) is 0.553. The maximum Gasteiger partial charge on any atom is 0.240 e. The van der Waals surface area contributed by atoms with Gasteiger partial charge >= 0.3 is 0 Å². The highest BCUT2D eigenvalue weighted by molar-refractivity contribution is 6.33. The number of hydrogen-bond acceptors (Lipinski definition) is 4. The van der Waals surface area contributed by atoms with Crippen molar-refractivity contribution in [2.24, 2.45) is 5.10 Å². The fourth-order valence-corrected chi connectivity index (χ4v) is 2.40. The second-order valence-electron chi connectivity index (χ2n) is 5.21. The lowest BCUT2D eigenvalue weighted by atomic mass is 10.2. The van der Waals surface area contributed by atoms with Crippen molar-refractivity contribution < 1.29 is 14.3 Å². The molecule has 2 aromatic carbocycles. The van der Waals surface area contributed by atoms with E-state index in [0.29, 0.717) is 27.0 Å². The number of halogens is 2. The van der Waals surface area contributed by atoms with Crippen LogP contribution >= 0.6 is 23.2 Å². The van der Waals surface area contributed by atoms with Gasteiger partial charge in [0.2, 0.25) is 11.8 Å². The Bertz CT molecular complexity index is 825. The number of hydrazone groups is 1. The minimum atomic E-state index is -0.392. The number of para-hydroxylation sites is 1. The molecule has 0 saturated heterocycles. The first-order valence-corrected chi connectivity index (χ1v) is 8.45. The summed E-state index contributed by atoms with van der Waals surface area (Å²) in [5, 5.41) is 7.46. The third-order valence-electron chi connectivity index (χ3n) is 3.31. The number of amides is 2. The lowest BCUT2D eigenvalue weighted by Gasteiger charge is -2.06. The second-order valence-corrected chi connectivity index (χ2v) is 6.05. The molecule has 0 aliphatic rings. The highest BCUT2D eigenvalue weighted by atomic mass is 35.5. The number of rotatable bonds is 7. The van der Waals surface area contributed by atoms with Gasteiger partial charge in [-0.25, -0.2) is 5.43 Å². The Hall–Kier alpha value is -2.57. The fraction of sp³-hybridized carbons (Fsp3) is 0.167. The molecule has 0 aromatic heterocycles. The van der Waals surface area contributed by atoms with Crippen LogP contribution in [-0.4, -0.2) is 25.1 Å². The predicted octanol–water partition coefficient (Wildman–Crippen LogP) is 3.87. The van der Waals surface area contributed by atoms with E-state index in [-0.39, 0.29) is 18.7 Å². The summed E-state index contributed by atoms with van der Waals surface area (Å²) in [6, 6.07) is 11.9. The molecule has 0 spiro atoms. The number of carbonyl (C=O) groups is 2. The summed E-state index contributed by atoms with van der Waals surface area (Å²) < 4.78 is 5.18. The largest absolute Gasteiger partial charge is 0.496 e. The van der Waals surface area contributed by atoms with Crippen LogP contribution in [-0.2, 0) is 9.59 Å². The van der Waals surface area contributed by atoms with Gasteiger partial charge in [-0.1, -0.05) is 35.3 Å². The highest BCUT2D eigenvalue weighted by Crippen LogP contribution is 2.21. The second kappa shape index (κ2) is 9.79. The average molecular weight is 394 g/mol. The lowest BCUT2D eigenvalue weighted by Crippen LogP contribution is -2.20. The van der Waals surface area contributed by atoms with Gasteiger partial charge in [0.05, 0.1) is 24.0 Å². The summed E-state index contributed by atoms with van der Waals surface area (Å²) in [7, 11) is 1.52. The van der Waals surface area contributed by atoms with Crippen LogP contribution in [0.3, 0.4) is 0 Å². The number of benzene rings is 2. The van der Waals surface area contributed by atoms with Crippen LogP contribution in [0.25, 0.3) is 0 Å². The Morgan fingerprint density at radius 2 is 1.85 bits per heavy atom. The van der Waals surface area contributed by atoms with Crippen LogP contribution in [0.4, 0.5) is 5.69 Å². The topological polar surface area (TPSA) is 79.8 Å². The van der Waals surface area contributed by atoms with E-state index in [0.717, 1.165) is 0 Å². The monoisotopic (exact) mass is 393 g/mol. The zero-order valence-electron chi connectivity index (χ0n) is 14.0. The molecule has 0 heterocycles. The Morgan fingerprint density at radius 3 is 2.58 bits per heavy atom. The summed E-state index contributed by atoms with van der Waals surface area (Å²) in [5.74, 6) is -0.128. The van der Waals surface area contributed by atoms with Gasteiger partial charge in [0.1, 0.15) is 5.75 Å². The summed E-state index contributed by atoms with van der Waals surface area (Å²) in [4.78, 5) is 23.7. The summed E-state index contributed by atoms with van der Waals surface area (Å²) in [6.45, 7) is 0. The molecule has 0 radical (unpaired) electrons. The van der Waals surface area contributed by atoms with Crippen LogP contribution < -0.4 is 15.5 Å². The Morgan fingerprint density at radius 1 is 1.12 bits per heavy atom. The van der Waals surface area contributed by atoms with E-state index in [4.69, 9.17) is 27.9 Å². The normalized spacial score (nSPS) is 10.6. The highest BCUT2D eigenvalue weighted by Gasteiger charge is 2.08. The van der Waals surface area contributed by atoms with E-state index in [1.807, 2.05) is 0 Å². The van der Waals surface area contributed by atoms with Crippen molar-refractivity contribution in [1.82, 2.24) is 5.43 Å². The molecule has 0 aliphatic heterocycles. The maximum atomic E-state index is 11.9. The zero-order chi connectivity index (χ0) is 18.9. The molecular weight excluding hydrogens is 377 g/mol. The minimum absolute atomic E-state index is 0.00701. The van der Waals surface area contributed by atoms with Crippen molar-refractivity contribution in [2.45, 2.75) is 12.8 Å². The molecule has 8 heteroatoms. The molecule has 2 amide bonds. The molecule has 0 unspecified atom stereocenters. The van der Waals surface area contributed by atoms with Crippen LogP contribution in [0.1, 0.15) is 18.4 Å². The number of methoxy groups -OCH3 is 1. The van der Waals surface area contributed by atoms with Crippen molar-refractivity contribution in [3.05, 3.63) is 58.1 Å². The molecule has 0 fully saturated rings. The molecule has 0 bridgehead atoms. The molecule has 136 valence electrons. The Kier molecular flexibility index (Phi) is 7.44. The van der Waals surface area contributed by atoms with Gasteiger partial charge in [0.25, 0.3) is 0 Å². The molecule has 0 atom stereocenters. The SMILES string of the molecule is COc1ccc(Cl)cc1C=NNC(=O)CCC(=O)Nc1ccccc1Cl. The Labute approximate surface area is 161 Å². The van der Waals surface area contributed by atoms with Crippen molar-refractivity contribution in [3.8, 4) is 5.75 Å². The van der Waals surface area contributed by atoms with Gasteiger partial charge in [-0.05, 0) is 30.3 Å². The van der Waals surface area contributed by atoms with Gasteiger partial charge in [-0.2, -0.15) is 5.10 Å². The van der Waals surface area contributed by atoms with Gasteiger partial charge < -0.3 is 10.1 Å². The summed E-state index contributed by atoms with van der Waals surface area (Å²) in [5.41, 5.74) is 3.49. The first-order valence-electron chi connectivity index (χ1n) is 7.69.